The highest BCUT2D eigenvalue weighted by molar-refractivity contribution is 6.04. The molecule has 0 spiro atoms. The number of hydrogen-bond donors (Lipinski definition) is 2. The lowest BCUT2D eigenvalue weighted by Gasteiger charge is -2.09. The molecule has 0 bridgehead atoms. The van der Waals surface area contributed by atoms with Gasteiger partial charge in [0.2, 0.25) is 5.91 Å². The first-order chi connectivity index (χ1) is 14.0. The van der Waals surface area contributed by atoms with Crippen molar-refractivity contribution in [2.45, 2.75) is 0 Å². The number of rotatable bonds is 8. The summed E-state index contributed by atoms with van der Waals surface area (Å²) in [6, 6.07) is 20.3. The molecule has 6 nitrogen and oxygen atoms in total. The second kappa shape index (κ2) is 9.23. The number of carbonyl (C=O) groups is 2. The Hall–Kier alpha value is -4.06. The lowest BCUT2D eigenvalue weighted by atomic mass is 10.2. The summed E-state index contributed by atoms with van der Waals surface area (Å²) < 4.78 is 11.2. The predicted molar refractivity (Wildman–Crippen MR) is 112 cm³/mol. The maximum absolute atomic E-state index is 12.5. The molecule has 0 aliphatic heterocycles. The van der Waals surface area contributed by atoms with Crippen molar-refractivity contribution in [2.75, 3.05) is 11.9 Å². The quantitative estimate of drug-likeness (QED) is 0.560. The minimum absolute atomic E-state index is 0.247. The molecule has 0 saturated carbocycles. The molecule has 29 heavy (non-hydrogen) atoms. The van der Waals surface area contributed by atoms with E-state index < -0.39 is 5.91 Å². The molecule has 0 aliphatic rings. The van der Waals surface area contributed by atoms with Crippen molar-refractivity contribution in [1.82, 2.24) is 0 Å². The first kappa shape index (κ1) is 19.7. The molecule has 6 heteroatoms. The Morgan fingerprint density at radius 1 is 0.897 bits per heavy atom. The Morgan fingerprint density at radius 3 is 2.10 bits per heavy atom. The SMILES string of the molecule is C=CCOc1cccc(NC(=O)c2ccc(Oc3ccc(C(N)=O)cc3)cc2)c1. The highest BCUT2D eigenvalue weighted by atomic mass is 16.5. The number of nitrogens with one attached hydrogen (secondary N) is 1. The molecular formula is C23H20N2O4. The fourth-order valence-corrected chi connectivity index (χ4v) is 2.52. The molecule has 0 saturated heterocycles. The van der Waals surface area contributed by atoms with E-state index in [1.165, 1.54) is 0 Å². The van der Waals surface area contributed by atoms with Gasteiger partial charge < -0.3 is 20.5 Å². The molecule has 3 rings (SSSR count). The highest BCUT2D eigenvalue weighted by Crippen LogP contribution is 2.23. The zero-order chi connectivity index (χ0) is 20.6. The Morgan fingerprint density at radius 2 is 1.52 bits per heavy atom. The Labute approximate surface area is 168 Å². The van der Waals surface area contributed by atoms with Gasteiger partial charge in [-0.25, -0.2) is 0 Å². The van der Waals surface area contributed by atoms with Crippen molar-refractivity contribution >= 4 is 17.5 Å². The Balaban J connectivity index is 1.62. The molecule has 0 unspecified atom stereocenters. The molecule has 146 valence electrons. The van der Waals surface area contributed by atoms with Crippen LogP contribution in [0.4, 0.5) is 5.69 Å². The van der Waals surface area contributed by atoms with Gasteiger partial charge in [0.1, 0.15) is 23.9 Å². The summed E-state index contributed by atoms with van der Waals surface area (Å²) in [5, 5.41) is 2.83. The minimum Gasteiger partial charge on any atom is -0.489 e. The predicted octanol–water partition coefficient (Wildman–Crippen LogP) is 4.39. The van der Waals surface area contributed by atoms with E-state index in [0.717, 1.165) is 0 Å². The summed E-state index contributed by atoms with van der Waals surface area (Å²) in [4.78, 5) is 23.6. The summed E-state index contributed by atoms with van der Waals surface area (Å²) in [5.41, 5.74) is 6.74. The standard InChI is InChI=1S/C23H20N2O4/c1-2-14-28-21-5-3-4-18(15-21)25-23(27)17-8-12-20(13-9-17)29-19-10-6-16(7-11-19)22(24)26/h2-13,15H,1,14H2,(H2,24,26)(H,25,27). The molecular weight excluding hydrogens is 368 g/mol. The van der Waals surface area contributed by atoms with Crippen LogP contribution in [0.3, 0.4) is 0 Å². The lowest BCUT2D eigenvalue weighted by Crippen LogP contribution is -2.11. The van der Waals surface area contributed by atoms with E-state index in [2.05, 4.69) is 11.9 Å². The molecule has 3 aromatic carbocycles. The van der Waals surface area contributed by atoms with Gasteiger partial charge in [-0.1, -0.05) is 18.7 Å². The van der Waals surface area contributed by atoms with Crippen molar-refractivity contribution in [3.8, 4) is 17.2 Å². The summed E-state index contributed by atoms with van der Waals surface area (Å²) in [7, 11) is 0. The average molecular weight is 388 g/mol. The molecule has 0 heterocycles. The van der Waals surface area contributed by atoms with Crippen LogP contribution in [0.15, 0.2) is 85.5 Å². The molecule has 0 aromatic heterocycles. The van der Waals surface area contributed by atoms with Gasteiger partial charge in [0, 0.05) is 22.9 Å². The second-order valence-electron chi connectivity index (χ2n) is 6.10. The molecule has 3 N–H and O–H groups in total. The number of nitrogens with two attached hydrogens (primary N) is 1. The number of carbonyl (C=O) groups excluding carboxylic acids is 2. The summed E-state index contributed by atoms with van der Waals surface area (Å²) in [6.45, 7) is 4.00. The molecule has 0 fully saturated rings. The van der Waals surface area contributed by atoms with Crippen molar-refractivity contribution in [2.24, 2.45) is 5.73 Å². The lowest BCUT2D eigenvalue weighted by molar-refractivity contribution is 0.0997. The molecule has 0 aliphatic carbocycles. The molecule has 2 amide bonds. The Bertz CT molecular complexity index is 1010. The van der Waals surface area contributed by atoms with Gasteiger partial charge >= 0.3 is 0 Å². The number of benzene rings is 3. The number of hydrogen-bond acceptors (Lipinski definition) is 4. The van der Waals surface area contributed by atoms with E-state index in [1.54, 1.807) is 78.9 Å². The van der Waals surface area contributed by atoms with Gasteiger partial charge in [0.15, 0.2) is 0 Å². The maximum Gasteiger partial charge on any atom is 0.255 e. The normalized spacial score (nSPS) is 10.1. The van der Waals surface area contributed by atoms with Gasteiger partial charge in [-0.15, -0.1) is 0 Å². The van der Waals surface area contributed by atoms with Crippen molar-refractivity contribution in [3.05, 3.63) is 96.6 Å². The third-order valence-corrected chi connectivity index (χ3v) is 3.95. The van der Waals surface area contributed by atoms with E-state index in [1.807, 2.05) is 0 Å². The van der Waals surface area contributed by atoms with E-state index in [-0.39, 0.29) is 5.91 Å². The van der Waals surface area contributed by atoms with Crippen LogP contribution in [0.2, 0.25) is 0 Å². The van der Waals surface area contributed by atoms with E-state index in [9.17, 15) is 9.59 Å². The van der Waals surface area contributed by atoms with Crippen LogP contribution in [-0.2, 0) is 0 Å². The van der Waals surface area contributed by atoms with Gasteiger partial charge in [-0.3, -0.25) is 9.59 Å². The van der Waals surface area contributed by atoms with E-state index in [0.29, 0.717) is 40.7 Å². The second-order valence-corrected chi connectivity index (χ2v) is 6.10. The number of amides is 2. The maximum atomic E-state index is 12.5. The first-order valence-corrected chi connectivity index (χ1v) is 8.88. The third-order valence-electron chi connectivity index (χ3n) is 3.95. The zero-order valence-electron chi connectivity index (χ0n) is 15.6. The van der Waals surface area contributed by atoms with Gasteiger partial charge in [0.05, 0.1) is 0 Å². The summed E-state index contributed by atoms with van der Waals surface area (Å²) in [5.74, 6) is 1.03. The fraction of sp³-hybridized carbons (Fsp3) is 0.0435. The van der Waals surface area contributed by atoms with Crippen LogP contribution in [-0.4, -0.2) is 18.4 Å². The van der Waals surface area contributed by atoms with E-state index >= 15 is 0 Å². The number of anilines is 1. The average Bonchev–Trinajstić information content (AvgIpc) is 2.73. The van der Waals surface area contributed by atoms with Crippen LogP contribution in [0.25, 0.3) is 0 Å². The molecule has 0 radical (unpaired) electrons. The van der Waals surface area contributed by atoms with Crippen molar-refractivity contribution < 1.29 is 19.1 Å². The fourth-order valence-electron chi connectivity index (χ4n) is 2.52. The highest BCUT2D eigenvalue weighted by Gasteiger charge is 2.08. The van der Waals surface area contributed by atoms with Gasteiger partial charge in [-0.2, -0.15) is 0 Å². The number of ether oxygens (including phenoxy) is 2. The van der Waals surface area contributed by atoms with Gasteiger partial charge in [-0.05, 0) is 60.7 Å². The van der Waals surface area contributed by atoms with Crippen molar-refractivity contribution in [1.29, 1.82) is 0 Å². The van der Waals surface area contributed by atoms with Crippen LogP contribution in [0.1, 0.15) is 20.7 Å². The van der Waals surface area contributed by atoms with E-state index in [4.69, 9.17) is 15.2 Å². The monoisotopic (exact) mass is 388 g/mol. The summed E-state index contributed by atoms with van der Waals surface area (Å²) in [6.07, 6.45) is 1.65. The largest absolute Gasteiger partial charge is 0.489 e. The molecule has 0 atom stereocenters. The summed E-state index contributed by atoms with van der Waals surface area (Å²) >= 11 is 0. The smallest absolute Gasteiger partial charge is 0.255 e. The minimum atomic E-state index is -0.496. The topological polar surface area (TPSA) is 90.7 Å². The van der Waals surface area contributed by atoms with Crippen LogP contribution in [0, 0.1) is 0 Å². The van der Waals surface area contributed by atoms with Crippen LogP contribution in [0.5, 0.6) is 17.2 Å². The third kappa shape index (κ3) is 5.46. The van der Waals surface area contributed by atoms with Crippen LogP contribution < -0.4 is 20.5 Å². The van der Waals surface area contributed by atoms with Crippen molar-refractivity contribution in [3.63, 3.8) is 0 Å². The zero-order valence-corrected chi connectivity index (χ0v) is 15.6. The molecule has 3 aromatic rings. The van der Waals surface area contributed by atoms with Gasteiger partial charge in [0.25, 0.3) is 5.91 Å². The first-order valence-electron chi connectivity index (χ1n) is 8.88. The van der Waals surface area contributed by atoms with Crippen LogP contribution >= 0.6 is 0 Å². The number of primary amides is 1. The Kier molecular flexibility index (Phi) is 6.27.